The lowest BCUT2D eigenvalue weighted by Gasteiger charge is -2.18. The van der Waals surface area contributed by atoms with Crippen LogP contribution < -0.4 is 5.32 Å². The highest BCUT2D eigenvalue weighted by Crippen LogP contribution is 2.20. The minimum Gasteiger partial charge on any atom is -0.393 e. The summed E-state index contributed by atoms with van der Waals surface area (Å²) in [5, 5.41) is 12.6. The molecule has 0 radical (unpaired) electrons. The average Bonchev–Trinajstić information content (AvgIpc) is 3.14. The molecule has 0 bridgehead atoms. The molecular formula is C21H26N2O2. The average molecular weight is 338 g/mol. The summed E-state index contributed by atoms with van der Waals surface area (Å²) in [6, 6.07) is 18.8. The van der Waals surface area contributed by atoms with Gasteiger partial charge in [0.25, 0.3) is 0 Å². The summed E-state index contributed by atoms with van der Waals surface area (Å²) in [5.74, 6) is 0.205. The summed E-state index contributed by atoms with van der Waals surface area (Å²) < 4.78 is 0. The Balaban J connectivity index is 1.45. The van der Waals surface area contributed by atoms with E-state index in [4.69, 9.17) is 0 Å². The van der Waals surface area contributed by atoms with E-state index in [0.717, 1.165) is 19.4 Å². The topological polar surface area (TPSA) is 52.6 Å². The minimum atomic E-state index is -0.346. The molecule has 1 saturated heterocycles. The number of aliphatic hydroxyl groups excluding tert-OH is 1. The summed E-state index contributed by atoms with van der Waals surface area (Å²) in [5.41, 5.74) is 3.63. The van der Waals surface area contributed by atoms with Crippen LogP contribution in [0.25, 0.3) is 11.1 Å². The number of nitrogens with one attached hydrogen (secondary N) is 1. The van der Waals surface area contributed by atoms with Gasteiger partial charge in [-0.15, -0.1) is 0 Å². The fraction of sp³-hybridized carbons (Fsp3) is 0.381. The third-order valence-electron chi connectivity index (χ3n) is 4.95. The van der Waals surface area contributed by atoms with Gasteiger partial charge in [0.2, 0.25) is 0 Å². The number of amides is 2. The Bertz CT molecular complexity index is 683. The molecule has 25 heavy (non-hydrogen) atoms. The third-order valence-corrected chi connectivity index (χ3v) is 4.95. The second kappa shape index (κ2) is 8.17. The van der Waals surface area contributed by atoms with Crippen LogP contribution in [-0.4, -0.2) is 41.8 Å². The zero-order valence-electron chi connectivity index (χ0n) is 14.7. The van der Waals surface area contributed by atoms with E-state index in [0.29, 0.717) is 13.1 Å². The molecule has 0 aromatic heterocycles. The van der Waals surface area contributed by atoms with Gasteiger partial charge in [0, 0.05) is 25.6 Å². The van der Waals surface area contributed by atoms with Gasteiger partial charge in [-0.05, 0) is 36.5 Å². The molecular weight excluding hydrogens is 312 g/mol. The maximum absolute atomic E-state index is 12.2. The normalized spacial score (nSPS) is 18.2. The standard InChI is InChI=1S/C21H26N2O2/c1-16(24)20-12-14-23(15-20)21(25)22-13-11-17-7-9-19(10-8-17)18-5-3-2-4-6-18/h2-10,16,20,24H,11-15H2,1H3,(H,22,25)/t16-,20+/m0/s1. The first kappa shape index (κ1) is 17.5. The number of carbonyl (C=O) groups excluding carboxylic acids is 1. The first-order valence-electron chi connectivity index (χ1n) is 8.98. The van der Waals surface area contributed by atoms with Gasteiger partial charge in [-0.1, -0.05) is 54.6 Å². The summed E-state index contributed by atoms with van der Waals surface area (Å²) in [6.07, 6.45) is 1.35. The van der Waals surface area contributed by atoms with Crippen molar-refractivity contribution in [2.24, 2.45) is 5.92 Å². The van der Waals surface area contributed by atoms with Crippen molar-refractivity contribution >= 4 is 6.03 Å². The SMILES string of the molecule is C[C@H](O)[C@@H]1CCN(C(=O)NCCc2ccc(-c3ccccc3)cc2)C1. The molecule has 0 aliphatic carbocycles. The number of likely N-dealkylation sites (tertiary alicyclic amines) is 1. The van der Waals surface area contributed by atoms with Gasteiger partial charge in [0.1, 0.15) is 0 Å². The van der Waals surface area contributed by atoms with Crippen molar-refractivity contribution in [3.05, 3.63) is 60.2 Å². The largest absolute Gasteiger partial charge is 0.393 e. The van der Waals surface area contributed by atoms with Crippen LogP contribution in [0.2, 0.25) is 0 Å². The first-order chi connectivity index (χ1) is 12.1. The number of aliphatic hydroxyl groups is 1. The van der Waals surface area contributed by atoms with Crippen LogP contribution in [0.1, 0.15) is 18.9 Å². The molecule has 2 amide bonds. The molecule has 3 rings (SSSR count). The van der Waals surface area contributed by atoms with Gasteiger partial charge in [-0.3, -0.25) is 0 Å². The lowest BCUT2D eigenvalue weighted by molar-refractivity contribution is 0.129. The highest BCUT2D eigenvalue weighted by molar-refractivity contribution is 5.74. The van der Waals surface area contributed by atoms with Crippen LogP contribution in [-0.2, 0) is 6.42 Å². The van der Waals surface area contributed by atoms with E-state index in [1.54, 1.807) is 11.8 Å². The van der Waals surface area contributed by atoms with Crippen molar-refractivity contribution < 1.29 is 9.90 Å². The number of hydrogen-bond donors (Lipinski definition) is 2. The Kier molecular flexibility index (Phi) is 5.71. The molecule has 2 aromatic rings. The maximum Gasteiger partial charge on any atom is 0.317 e. The van der Waals surface area contributed by atoms with Gasteiger partial charge < -0.3 is 15.3 Å². The van der Waals surface area contributed by atoms with Crippen molar-refractivity contribution in [3.8, 4) is 11.1 Å². The van der Waals surface area contributed by atoms with Crippen LogP contribution in [0.4, 0.5) is 4.79 Å². The molecule has 0 spiro atoms. The van der Waals surface area contributed by atoms with Crippen molar-refractivity contribution in [3.63, 3.8) is 0 Å². The minimum absolute atomic E-state index is 0.0240. The molecule has 1 aliphatic heterocycles. The number of nitrogens with zero attached hydrogens (tertiary/aromatic N) is 1. The van der Waals surface area contributed by atoms with E-state index in [9.17, 15) is 9.90 Å². The van der Waals surface area contributed by atoms with Crippen LogP contribution in [0.5, 0.6) is 0 Å². The Hall–Kier alpha value is -2.33. The van der Waals surface area contributed by atoms with Crippen LogP contribution in [0, 0.1) is 5.92 Å². The Morgan fingerprint density at radius 2 is 1.84 bits per heavy atom. The highest BCUT2D eigenvalue weighted by Gasteiger charge is 2.28. The molecule has 4 heteroatoms. The van der Waals surface area contributed by atoms with Crippen LogP contribution in [0.3, 0.4) is 0 Å². The quantitative estimate of drug-likeness (QED) is 0.879. The molecule has 0 unspecified atom stereocenters. The summed E-state index contributed by atoms with van der Waals surface area (Å²) in [4.78, 5) is 14.0. The maximum atomic E-state index is 12.2. The zero-order valence-corrected chi connectivity index (χ0v) is 14.7. The lowest BCUT2D eigenvalue weighted by atomic mass is 10.0. The number of urea groups is 1. The monoisotopic (exact) mass is 338 g/mol. The second-order valence-corrected chi connectivity index (χ2v) is 6.78. The molecule has 2 N–H and O–H groups in total. The smallest absolute Gasteiger partial charge is 0.317 e. The fourth-order valence-corrected chi connectivity index (χ4v) is 3.29. The van der Waals surface area contributed by atoms with Crippen LogP contribution in [0.15, 0.2) is 54.6 Å². The molecule has 1 fully saturated rings. The Labute approximate surface area is 149 Å². The zero-order chi connectivity index (χ0) is 17.6. The van der Waals surface area contributed by atoms with Crippen molar-refractivity contribution in [1.82, 2.24) is 10.2 Å². The predicted octanol–water partition coefficient (Wildman–Crippen LogP) is 3.31. The van der Waals surface area contributed by atoms with Gasteiger partial charge >= 0.3 is 6.03 Å². The molecule has 1 aliphatic rings. The van der Waals surface area contributed by atoms with E-state index in [1.807, 2.05) is 18.2 Å². The molecule has 132 valence electrons. The van der Waals surface area contributed by atoms with E-state index >= 15 is 0 Å². The fourth-order valence-electron chi connectivity index (χ4n) is 3.29. The van der Waals surface area contributed by atoms with Gasteiger partial charge in [-0.25, -0.2) is 4.79 Å². The van der Waals surface area contributed by atoms with Gasteiger partial charge in [0.05, 0.1) is 6.10 Å². The summed E-state index contributed by atoms with van der Waals surface area (Å²) >= 11 is 0. The Morgan fingerprint density at radius 1 is 1.16 bits per heavy atom. The molecule has 1 heterocycles. The van der Waals surface area contributed by atoms with E-state index in [-0.39, 0.29) is 18.1 Å². The molecule has 0 saturated carbocycles. The number of carbonyl (C=O) groups is 1. The number of benzene rings is 2. The van der Waals surface area contributed by atoms with Crippen molar-refractivity contribution in [2.45, 2.75) is 25.9 Å². The summed E-state index contributed by atoms with van der Waals surface area (Å²) in [7, 11) is 0. The van der Waals surface area contributed by atoms with E-state index < -0.39 is 0 Å². The van der Waals surface area contributed by atoms with Crippen molar-refractivity contribution in [2.75, 3.05) is 19.6 Å². The molecule has 2 atom stereocenters. The lowest BCUT2D eigenvalue weighted by Crippen LogP contribution is -2.39. The predicted molar refractivity (Wildman–Crippen MR) is 100 cm³/mol. The molecule has 2 aromatic carbocycles. The summed E-state index contributed by atoms with van der Waals surface area (Å²) in [6.45, 7) is 3.80. The number of rotatable bonds is 5. The van der Waals surface area contributed by atoms with E-state index in [1.165, 1.54) is 16.7 Å². The number of hydrogen-bond acceptors (Lipinski definition) is 2. The molecule has 4 nitrogen and oxygen atoms in total. The Morgan fingerprint density at radius 3 is 2.48 bits per heavy atom. The van der Waals surface area contributed by atoms with Gasteiger partial charge in [0.15, 0.2) is 0 Å². The highest BCUT2D eigenvalue weighted by atomic mass is 16.3. The van der Waals surface area contributed by atoms with Crippen LogP contribution >= 0.6 is 0 Å². The van der Waals surface area contributed by atoms with E-state index in [2.05, 4.69) is 41.7 Å². The van der Waals surface area contributed by atoms with Crippen molar-refractivity contribution in [1.29, 1.82) is 0 Å². The van der Waals surface area contributed by atoms with Gasteiger partial charge in [-0.2, -0.15) is 0 Å². The first-order valence-corrected chi connectivity index (χ1v) is 8.98. The second-order valence-electron chi connectivity index (χ2n) is 6.78. The third kappa shape index (κ3) is 4.60.